The number of carbonyl (C=O) groups excluding carboxylic acids is 1. The first-order valence-electron chi connectivity index (χ1n) is 6.20. The molecule has 0 radical (unpaired) electrons. The molecule has 0 aliphatic carbocycles. The Bertz CT molecular complexity index is 656. The van der Waals surface area contributed by atoms with Gasteiger partial charge in [0.15, 0.2) is 0 Å². The van der Waals surface area contributed by atoms with Gasteiger partial charge in [-0.15, -0.1) is 0 Å². The van der Waals surface area contributed by atoms with Crippen LogP contribution in [0.4, 0.5) is 5.69 Å². The fourth-order valence-electron chi connectivity index (χ4n) is 1.82. The number of pyridine rings is 1. The van der Waals surface area contributed by atoms with Crippen LogP contribution >= 0.6 is 0 Å². The fourth-order valence-corrected chi connectivity index (χ4v) is 1.82. The lowest BCUT2D eigenvalue weighted by Gasteiger charge is -2.10. The monoisotopic (exact) mass is 286 g/mol. The molecule has 1 aromatic heterocycles. The molecule has 2 aromatic rings. The van der Waals surface area contributed by atoms with Crippen molar-refractivity contribution in [1.29, 1.82) is 0 Å². The normalized spacial score (nSPS) is 9.95. The number of amides is 1. The maximum absolute atomic E-state index is 12.0. The minimum Gasteiger partial charge on any atom is -0.497 e. The first-order chi connectivity index (χ1) is 10.1. The highest BCUT2D eigenvalue weighted by atomic mass is 16.5. The van der Waals surface area contributed by atoms with Gasteiger partial charge in [0.1, 0.15) is 5.75 Å². The Morgan fingerprint density at radius 3 is 2.57 bits per heavy atom. The number of aromatic nitrogens is 1. The van der Waals surface area contributed by atoms with Crippen LogP contribution in [0.3, 0.4) is 0 Å². The smallest absolute Gasteiger partial charge is 0.337 e. The number of carboxylic acid groups (broad SMARTS) is 1. The minimum atomic E-state index is -1.11. The van der Waals surface area contributed by atoms with Gasteiger partial charge in [0, 0.05) is 18.5 Å². The lowest BCUT2D eigenvalue weighted by Crippen LogP contribution is -2.17. The predicted octanol–water partition coefficient (Wildman–Crippen LogP) is 1.97. The van der Waals surface area contributed by atoms with Crippen LogP contribution in [0.2, 0.25) is 0 Å². The Morgan fingerprint density at radius 2 is 1.95 bits per heavy atom. The predicted molar refractivity (Wildman–Crippen MR) is 76.5 cm³/mol. The summed E-state index contributed by atoms with van der Waals surface area (Å²) in [5, 5.41) is 11.7. The molecule has 1 aromatic carbocycles. The highest BCUT2D eigenvalue weighted by Gasteiger charge is 2.14. The molecular formula is C15H14N2O4. The molecule has 0 unspecified atom stereocenters. The summed E-state index contributed by atoms with van der Waals surface area (Å²) in [7, 11) is 1.47. The molecule has 0 bridgehead atoms. The summed E-state index contributed by atoms with van der Waals surface area (Å²) in [4.78, 5) is 27.0. The summed E-state index contributed by atoms with van der Waals surface area (Å²) in [5.74, 6) is -0.951. The third kappa shape index (κ3) is 3.79. The van der Waals surface area contributed by atoms with Crippen molar-refractivity contribution in [1.82, 2.24) is 4.98 Å². The number of nitrogens with one attached hydrogen (secondary N) is 1. The van der Waals surface area contributed by atoms with Gasteiger partial charge in [-0.25, -0.2) is 4.79 Å². The van der Waals surface area contributed by atoms with E-state index in [-0.39, 0.29) is 23.6 Å². The Morgan fingerprint density at radius 1 is 1.24 bits per heavy atom. The number of hydrogen-bond acceptors (Lipinski definition) is 4. The Hall–Kier alpha value is -2.89. The highest BCUT2D eigenvalue weighted by molar-refractivity contribution is 6.01. The van der Waals surface area contributed by atoms with E-state index in [1.807, 2.05) is 0 Å². The molecule has 0 spiro atoms. The molecule has 108 valence electrons. The van der Waals surface area contributed by atoms with E-state index in [1.165, 1.54) is 25.3 Å². The standard InChI is InChI=1S/C15H14N2O4/c1-21-11-2-3-12(15(19)20)13(9-11)17-14(18)8-10-4-6-16-7-5-10/h2-7,9H,8H2,1H3,(H,17,18)(H,19,20). The van der Waals surface area contributed by atoms with Crippen LogP contribution in [0, 0.1) is 0 Å². The molecular weight excluding hydrogens is 272 g/mol. The first-order valence-corrected chi connectivity index (χ1v) is 6.20. The SMILES string of the molecule is COc1ccc(C(=O)O)c(NC(=O)Cc2ccncc2)c1. The Balaban J connectivity index is 2.17. The summed E-state index contributed by atoms with van der Waals surface area (Å²) in [5.41, 5.74) is 1.02. The summed E-state index contributed by atoms with van der Waals surface area (Å²) in [6.07, 6.45) is 3.33. The number of hydrogen-bond donors (Lipinski definition) is 2. The van der Waals surface area contributed by atoms with Crippen molar-refractivity contribution in [2.24, 2.45) is 0 Å². The van der Waals surface area contributed by atoms with Crippen LogP contribution in [0.5, 0.6) is 5.75 Å². The second-order valence-corrected chi connectivity index (χ2v) is 4.30. The molecule has 2 rings (SSSR count). The minimum absolute atomic E-state index is 0.0129. The molecule has 0 saturated carbocycles. The van der Waals surface area contributed by atoms with E-state index in [0.717, 1.165) is 5.56 Å². The van der Waals surface area contributed by atoms with Gasteiger partial charge in [-0.05, 0) is 29.8 Å². The van der Waals surface area contributed by atoms with Crippen LogP contribution in [0.1, 0.15) is 15.9 Å². The largest absolute Gasteiger partial charge is 0.497 e. The number of nitrogens with zero attached hydrogens (tertiary/aromatic N) is 1. The van der Waals surface area contributed by atoms with E-state index in [4.69, 9.17) is 9.84 Å². The molecule has 6 heteroatoms. The van der Waals surface area contributed by atoms with Crippen LogP contribution in [-0.4, -0.2) is 29.1 Å². The van der Waals surface area contributed by atoms with Gasteiger partial charge >= 0.3 is 5.97 Å². The molecule has 0 aliphatic rings. The maximum atomic E-state index is 12.0. The zero-order chi connectivity index (χ0) is 15.2. The van der Waals surface area contributed by atoms with E-state index < -0.39 is 5.97 Å². The summed E-state index contributed by atoms with van der Waals surface area (Å²) >= 11 is 0. The maximum Gasteiger partial charge on any atom is 0.337 e. The first kappa shape index (κ1) is 14.5. The van der Waals surface area contributed by atoms with Gasteiger partial charge in [0.05, 0.1) is 24.8 Å². The number of carbonyl (C=O) groups is 2. The number of methoxy groups -OCH3 is 1. The number of anilines is 1. The van der Waals surface area contributed by atoms with Crippen LogP contribution in [-0.2, 0) is 11.2 Å². The van der Waals surface area contributed by atoms with Crippen molar-refractivity contribution < 1.29 is 19.4 Å². The second-order valence-electron chi connectivity index (χ2n) is 4.30. The van der Waals surface area contributed by atoms with Crippen molar-refractivity contribution in [3.05, 3.63) is 53.9 Å². The fraction of sp³-hybridized carbons (Fsp3) is 0.133. The van der Waals surface area contributed by atoms with Gasteiger partial charge in [0.2, 0.25) is 5.91 Å². The average molecular weight is 286 g/mol. The van der Waals surface area contributed by atoms with Crippen LogP contribution in [0.15, 0.2) is 42.7 Å². The lowest BCUT2D eigenvalue weighted by molar-refractivity contribution is -0.115. The average Bonchev–Trinajstić information content (AvgIpc) is 2.47. The number of aromatic carboxylic acids is 1. The quantitative estimate of drug-likeness (QED) is 0.877. The molecule has 0 aliphatic heterocycles. The summed E-state index contributed by atoms with van der Waals surface area (Å²) < 4.78 is 5.04. The third-order valence-electron chi connectivity index (χ3n) is 2.85. The zero-order valence-electron chi connectivity index (χ0n) is 11.4. The van der Waals surface area contributed by atoms with Crippen molar-refractivity contribution in [2.45, 2.75) is 6.42 Å². The summed E-state index contributed by atoms with van der Waals surface area (Å²) in [6.45, 7) is 0. The number of rotatable bonds is 5. The van der Waals surface area contributed by atoms with Crippen LogP contribution < -0.4 is 10.1 Å². The molecule has 0 fully saturated rings. The van der Waals surface area contributed by atoms with E-state index in [2.05, 4.69) is 10.3 Å². The molecule has 21 heavy (non-hydrogen) atoms. The molecule has 6 nitrogen and oxygen atoms in total. The third-order valence-corrected chi connectivity index (χ3v) is 2.85. The van der Waals surface area contributed by atoms with Gasteiger partial charge < -0.3 is 15.2 Å². The Labute approximate surface area is 121 Å². The van der Waals surface area contributed by atoms with Gasteiger partial charge in [-0.1, -0.05) is 0 Å². The van der Waals surface area contributed by atoms with Crippen molar-refractivity contribution in [2.75, 3.05) is 12.4 Å². The lowest BCUT2D eigenvalue weighted by atomic mass is 10.1. The number of ether oxygens (including phenoxy) is 1. The van der Waals surface area contributed by atoms with Gasteiger partial charge in [-0.2, -0.15) is 0 Å². The second kappa shape index (κ2) is 6.51. The number of carboxylic acids is 1. The van der Waals surface area contributed by atoms with Gasteiger partial charge in [0.25, 0.3) is 0 Å². The molecule has 0 atom stereocenters. The van der Waals surface area contributed by atoms with Crippen molar-refractivity contribution in [3.8, 4) is 5.75 Å². The topological polar surface area (TPSA) is 88.5 Å². The summed E-state index contributed by atoms with van der Waals surface area (Å²) in [6, 6.07) is 7.85. The van der Waals surface area contributed by atoms with Crippen molar-refractivity contribution in [3.63, 3.8) is 0 Å². The zero-order valence-corrected chi connectivity index (χ0v) is 11.4. The Kier molecular flexibility index (Phi) is 4.50. The van der Waals surface area contributed by atoms with Crippen LogP contribution in [0.25, 0.3) is 0 Å². The van der Waals surface area contributed by atoms with E-state index in [1.54, 1.807) is 24.5 Å². The van der Waals surface area contributed by atoms with Gasteiger partial charge in [-0.3, -0.25) is 9.78 Å². The van der Waals surface area contributed by atoms with E-state index >= 15 is 0 Å². The highest BCUT2D eigenvalue weighted by Crippen LogP contribution is 2.22. The molecule has 2 N–H and O–H groups in total. The number of benzene rings is 1. The van der Waals surface area contributed by atoms with E-state index in [0.29, 0.717) is 5.75 Å². The van der Waals surface area contributed by atoms with E-state index in [9.17, 15) is 9.59 Å². The molecule has 0 saturated heterocycles. The van der Waals surface area contributed by atoms with Crippen molar-refractivity contribution >= 4 is 17.6 Å². The molecule has 1 heterocycles. The molecule has 1 amide bonds.